The van der Waals surface area contributed by atoms with Gasteiger partial charge in [-0.3, -0.25) is 4.79 Å². The average Bonchev–Trinajstić information content (AvgIpc) is 2.22. The highest BCUT2D eigenvalue weighted by molar-refractivity contribution is 5.99. The Kier molecular flexibility index (Phi) is 4.61. The van der Waals surface area contributed by atoms with Crippen molar-refractivity contribution in [3.63, 3.8) is 0 Å². The van der Waals surface area contributed by atoms with Gasteiger partial charge in [-0.15, -0.1) is 0 Å². The van der Waals surface area contributed by atoms with Crippen molar-refractivity contribution in [2.45, 2.75) is 26.7 Å². The predicted molar refractivity (Wildman–Crippen MR) is 63.9 cm³/mol. The topological polar surface area (TPSA) is 29.1 Å². The number of nitrogens with one attached hydrogen (secondary N) is 1. The Bertz CT molecular complexity index is 338. The van der Waals surface area contributed by atoms with Gasteiger partial charge >= 0.3 is 0 Å². The minimum atomic E-state index is -0.0627. The smallest absolute Gasteiger partial charge is 0.248 e. The van der Waals surface area contributed by atoms with Gasteiger partial charge in [0.05, 0.1) is 0 Å². The number of carbonyl (C=O) groups is 1. The third-order valence-corrected chi connectivity index (χ3v) is 2.04. The lowest BCUT2D eigenvalue weighted by Gasteiger charge is -2.01. The van der Waals surface area contributed by atoms with Crippen LogP contribution >= 0.6 is 0 Å². The maximum absolute atomic E-state index is 11.4. The summed E-state index contributed by atoms with van der Waals surface area (Å²) in [4.78, 5) is 11.4. The van der Waals surface area contributed by atoms with Crippen LogP contribution in [0.3, 0.4) is 0 Å². The van der Waals surface area contributed by atoms with Crippen molar-refractivity contribution in [2.24, 2.45) is 0 Å². The zero-order valence-electron chi connectivity index (χ0n) is 9.29. The second-order valence-corrected chi connectivity index (χ2v) is 3.55. The normalized spacial score (nSPS) is 10.5. The highest BCUT2D eigenvalue weighted by atomic mass is 16.1. The van der Waals surface area contributed by atoms with E-state index in [0.717, 1.165) is 18.5 Å². The zero-order valence-corrected chi connectivity index (χ0v) is 9.29. The Balaban J connectivity index is 2.48. The first-order valence-electron chi connectivity index (χ1n) is 5.26. The zero-order chi connectivity index (χ0) is 11.1. The number of carbonyl (C=O) groups excluding carboxylic acids is 1. The van der Waals surface area contributed by atoms with Gasteiger partial charge in [-0.2, -0.15) is 0 Å². The van der Waals surface area contributed by atoms with Crippen LogP contribution in [0, 0.1) is 6.92 Å². The summed E-state index contributed by atoms with van der Waals surface area (Å²) in [5.41, 5.74) is 2.03. The van der Waals surface area contributed by atoms with Gasteiger partial charge in [0.1, 0.15) is 0 Å². The van der Waals surface area contributed by atoms with E-state index in [1.54, 1.807) is 6.08 Å². The third kappa shape index (κ3) is 4.45. The summed E-state index contributed by atoms with van der Waals surface area (Å²) in [6, 6.07) is 7.76. The molecular weight excluding hydrogens is 186 g/mol. The average molecular weight is 203 g/mol. The number of anilines is 1. The van der Waals surface area contributed by atoms with Gasteiger partial charge in [0, 0.05) is 5.69 Å². The summed E-state index contributed by atoms with van der Waals surface area (Å²) in [5.74, 6) is -0.0627. The van der Waals surface area contributed by atoms with Crippen LogP contribution in [0.2, 0.25) is 0 Å². The predicted octanol–water partition coefficient (Wildman–Crippen LogP) is 3.29. The van der Waals surface area contributed by atoms with Crippen LogP contribution in [0.25, 0.3) is 0 Å². The van der Waals surface area contributed by atoms with E-state index in [9.17, 15) is 4.79 Å². The number of unbranched alkanes of at least 4 members (excludes halogenated alkanes) is 1. The first kappa shape index (κ1) is 11.5. The van der Waals surface area contributed by atoms with Crippen LogP contribution in [0.15, 0.2) is 36.4 Å². The maximum atomic E-state index is 11.4. The molecule has 0 spiro atoms. The van der Waals surface area contributed by atoms with Gasteiger partial charge in [0.2, 0.25) is 5.91 Å². The minimum absolute atomic E-state index is 0.0627. The quantitative estimate of drug-likeness (QED) is 0.747. The fourth-order valence-electron chi connectivity index (χ4n) is 1.18. The van der Waals surface area contributed by atoms with Gasteiger partial charge < -0.3 is 5.32 Å². The third-order valence-electron chi connectivity index (χ3n) is 2.04. The van der Waals surface area contributed by atoms with Crippen molar-refractivity contribution in [3.05, 3.63) is 42.0 Å². The summed E-state index contributed by atoms with van der Waals surface area (Å²) in [7, 11) is 0. The molecule has 1 N–H and O–H groups in total. The standard InChI is InChI=1S/C13H17NO/c1-3-4-5-6-13(15)14-12-9-7-11(2)8-10-12/h5-10H,3-4H2,1-2H3,(H,14,15). The fourth-order valence-corrected chi connectivity index (χ4v) is 1.18. The molecule has 0 aliphatic carbocycles. The van der Waals surface area contributed by atoms with Crippen molar-refractivity contribution in [3.8, 4) is 0 Å². The second kappa shape index (κ2) is 6.02. The van der Waals surface area contributed by atoms with Gasteiger partial charge in [-0.1, -0.05) is 37.1 Å². The number of aryl methyl sites for hydroxylation is 1. The molecule has 1 aromatic rings. The van der Waals surface area contributed by atoms with Gasteiger partial charge in [-0.05, 0) is 31.6 Å². The first-order chi connectivity index (χ1) is 7.22. The van der Waals surface area contributed by atoms with Crippen LogP contribution in [0.5, 0.6) is 0 Å². The van der Waals surface area contributed by atoms with E-state index < -0.39 is 0 Å². The molecule has 80 valence electrons. The largest absolute Gasteiger partial charge is 0.323 e. The van der Waals surface area contributed by atoms with Crippen molar-refractivity contribution in [1.29, 1.82) is 0 Å². The van der Waals surface area contributed by atoms with Crippen molar-refractivity contribution >= 4 is 11.6 Å². The van der Waals surface area contributed by atoms with Crippen LogP contribution in [-0.2, 0) is 4.79 Å². The van der Waals surface area contributed by atoms with E-state index in [-0.39, 0.29) is 5.91 Å². The Morgan fingerprint density at radius 3 is 2.60 bits per heavy atom. The summed E-state index contributed by atoms with van der Waals surface area (Å²) in [6.07, 6.45) is 5.49. The molecule has 0 saturated heterocycles. The molecular formula is C13H17NO. The molecule has 0 fully saturated rings. The molecule has 0 saturated carbocycles. The molecule has 0 aliphatic heterocycles. The van der Waals surface area contributed by atoms with E-state index in [2.05, 4.69) is 12.2 Å². The Labute approximate surface area is 91.0 Å². The van der Waals surface area contributed by atoms with Gasteiger partial charge in [-0.25, -0.2) is 0 Å². The van der Waals surface area contributed by atoms with Gasteiger partial charge in [0.15, 0.2) is 0 Å². The monoisotopic (exact) mass is 203 g/mol. The molecule has 0 bridgehead atoms. The molecule has 0 radical (unpaired) electrons. The number of hydrogen-bond donors (Lipinski definition) is 1. The molecule has 0 atom stereocenters. The molecule has 0 heterocycles. The van der Waals surface area contributed by atoms with E-state index in [1.807, 2.05) is 37.3 Å². The summed E-state index contributed by atoms with van der Waals surface area (Å²) in [6.45, 7) is 4.11. The van der Waals surface area contributed by atoms with E-state index in [4.69, 9.17) is 0 Å². The number of allylic oxidation sites excluding steroid dienone is 1. The van der Waals surface area contributed by atoms with Crippen molar-refractivity contribution in [1.82, 2.24) is 0 Å². The number of benzene rings is 1. The SMILES string of the molecule is CCCC=CC(=O)Nc1ccc(C)cc1. The van der Waals surface area contributed by atoms with E-state index >= 15 is 0 Å². The molecule has 0 unspecified atom stereocenters. The van der Waals surface area contributed by atoms with E-state index in [1.165, 1.54) is 5.56 Å². The summed E-state index contributed by atoms with van der Waals surface area (Å²) in [5, 5.41) is 2.80. The first-order valence-corrected chi connectivity index (χ1v) is 5.26. The lowest BCUT2D eigenvalue weighted by molar-refractivity contribution is -0.111. The number of rotatable bonds is 4. The number of amides is 1. The van der Waals surface area contributed by atoms with Crippen molar-refractivity contribution in [2.75, 3.05) is 5.32 Å². The Hall–Kier alpha value is -1.57. The van der Waals surface area contributed by atoms with Gasteiger partial charge in [0.25, 0.3) is 0 Å². The minimum Gasteiger partial charge on any atom is -0.323 e. The van der Waals surface area contributed by atoms with E-state index in [0.29, 0.717) is 0 Å². The lowest BCUT2D eigenvalue weighted by atomic mass is 10.2. The molecule has 0 aliphatic rings. The Morgan fingerprint density at radius 2 is 2.00 bits per heavy atom. The summed E-state index contributed by atoms with van der Waals surface area (Å²) < 4.78 is 0. The molecule has 15 heavy (non-hydrogen) atoms. The van der Waals surface area contributed by atoms with Crippen LogP contribution in [-0.4, -0.2) is 5.91 Å². The van der Waals surface area contributed by atoms with Crippen LogP contribution in [0.4, 0.5) is 5.69 Å². The number of hydrogen-bond acceptors (Lipinski definition) is 1. The molecule has 1 rings (SSSR count). The highest BCUT2D eigenvalue weighted by Crippen LogP contribution is 2.08. The van der Waals surface area contributed by atoms with Crippen LogP contribution < -0.4 is 5.32 Å². The molecule has 0 aromatic heterocycles. The second-order valence-electron chi connectivity index (χ2n) is 3.55. The van der Waals surface area contributed by atoms with Crippen molar-refractivity contribution < 1.29 is 4.79 Å². The Morgan fingerprint density at radius 1 is 1.33 bits per heavy atom. The fraction of sp³-hybridized carbons (Fsp3) is 0.308. The molecule has 1 aromatic carbocycles. The molecule has 2 heteroatoms. The molecule has 1 amide bonds. The summed E-state index contributed by atoms with van der Waals surface area (Å²) >= 11 is 0. The maximum Gasteiger partial charge on any atom is 0.248 e. The molecule has 2 nitrogen and oxygen atoms in total. The lowest BCUT2D eigenvalue weighted by Crippen LogP contribution is -2.07. The van der Waals surface area contributed by atoms with Crippen LogP contribution in [0.1, 0.15) is 25.3 Å². The highest BCUT2D eigenvalue weighted by Gasteiger charge is 1.95.